The van der Waals surface area contributed by atoms with E-state index in [0.29, 0.717) is 0 Å². The second-order valence-electron chi connectivity index (χ2n) is 4.36. The minimum atomic E-state index is -0.209. The first-order chi connectivity index (χ1) is 9.90. The van der Waals surface area contributed by atoms with E-state index in [1.807, 2.05) is 59.3 Å². The molecule has 0 aliphatic rings. The number of hydrazine groups is 1. The zero-order chi connectivity index (χ0) is 13.8. The van der Waals surface area contributed by atoms with Crippen molar-refractivity contribution in [3.8, 4) is 5.69 Å². The Morgan fingerprint density at radius 3 is 2.45 bits per heavy atom. The van der Waals surface area contributed by atoms with Crippen molar-refractivity contribution < 1.29 is 0 Å². The van der Waals surface area contributed by atoms with E-state index in [2.05, 4.69) is 15.5 Å². The summed E-state index contributed by atoms with van der Waals surface area (Å²) in [6.07, 6.45) is 3.51. The second-order valence-corrected chi connectivity index (χ2v) is 4.36. The number of nitrogens with zero attached hydrogens (tertiary/aromatic N) is 3. The summed E-state index contributed by atoms with van der Waals surface area (Å²) in [5.74, 6) is 5.71. The van der Waals surface area contributed by atoms with Gasteiger partial charge >= 0.3 is 0 Å². The molecule has 2 aromatic heterocycles. The van der Waals surface area contributed by atoms with Crippen LogP contribution >= 0.6 is 0 Å². The molecule has 0 aliphatic carbocycles. The number of pyridine rings is 1. The molecule has 0 aliphatic heterocycles. The van der Waals surface area contributed by atoms with Gasteiger partial charge in [-0.1, -0.05) is 24.3 Å². The number of rotatable bonds is 4. The highest BCUT2D eigenvalue weighted by Gasteiger charge is 2.18. The summed E-state index contributed by atoms with van der Waals surface area (Å²) in [5.41, 5.74) is 5.59. The van der Waals surface area contributed by atoms with Crippen molar-refractivity contribution in [2.45, 2.75) is 6.04 Å². The number of benzene rings is 1. The summed E-state index contributed by atoms with van der Waals surface area (Å²) >= 11 is 0. The molecule has 0 radical (unpaired) electrons. The lowest BCUT2D eigenvalue weighted by molar-refractivity contribution is 0.584. The maximum Gasteiger partial charge on any atom is 0.105 e. The van der Waals surface area contributed by atoms with Crippen LogP contribution in [0.5, 0.6) is 0 Å². The minimum Gasteiger partial charge on any atom is -0.270 e. The van der Waals surface area contributed by atoms with E-state index in [1.165, 1.54) is 0 Å². The predicted molar refractivity (Wildman–Crippen MR) is 77.0 cm³/mol. The van der Waals surface area contributed by atoms with Crippen LogP contribution < -0.4 is 11.3 Å². The average Bonchev–Trinajstić information content (AvgIpc) is 2.99. The monoisotopic (exact) mass is 265 g/mol. The molecule has 0 saturated heterocycles. The van der Waals surface area contributed by atoms with E-state index in [4.69, 9.17) is 5.84 Å². The van der Waals surface area contributed by atoms with Crippen LogP contribution in [0.25, 0.3) is 5.69 Å². The fourth-order valence-corrected chi connectivity index (χ4v) is 2.19. The third-order valence-electron chi connectivity index (χ3n) is 3.12. The van der Waals surface area contributed by atoms with Gasteiger partial charge in [0, 0.05) is 12.4 Å². The average molecular weight is 265 g/mol. The van der Waals surface area contributed by atoms with Gasteiger partial charge in [0.25, 0.3) is 0 Å². The summed E-state index contributed by atoms with van der Waals surface area (Å²) in [6.45, 7) is 0. The molecule has 3 rings (SSSR count). The molecular weight excluding hydrogens is 250 g/mol. The van der Waals surface area contributed by atoms with E-state index in [0.717, 1.165) is 17.1 Å². The van der Waals surface area contributed by atoms with Crippen molar-refractivity contribution in [2.75, 3.05) is 0 Å². The summed E-state index contributed by atoms with van der Waals surface area (Å²) in [6, 6.07) is 17.4. The Hall–Kier alpha value is -2.50. The molecule has 1 unspecified atom stereocenters. The Morgan fingerprint density at radius 1 is 0.950 bits per heavy atom. The topological polar surface area (TPSA) is 68.8 Å². The van der Waals surface area contributed by atoms with Crippen molar-refractivity contribution in [2.24, 2.45) is 5.84 Å². The zero-order valence-electron chi connectivity index (χ0n) is 10.8. The molecule has 2 heterocycles. The van der Waals surface area contributed by atoms with Crippen LogP contribution in [-0.4, -0.2) is 14.8 Å². The lowest BCUT2D eigenvalue weighted by Gasteiger charge is -2.17. The van der Waals surface area contributed by atoms with E-state index in [9.17, 15) is 0 Å². The van der Waals surface area contributed by atoms with Gasteiger partial charge in [-0.15, -0.1) is 0 Å². The molecule has 0 amide bonds. The Bertz CT molecular complexity index is 663. The molecule has 1 atom stereocenters. The highest BCUT2D eigenvalue weighted by Crippen LogP contribution is 2.21. The molecule has 1 aromatic carbocycles. The van der Waals surface area contributed by atoms with Gasteiger partial charge in [-0.2, -0.15) is 5.10 Å². The zero-order valence-corrected chi connectivity index (χ0v) is 10.8. The van der Waals surface area contributed by atoms with Crippen LogP contribution in [0, 0.1) is 0 Å². The summed E-state index contributed by atoms with van der Waals surface area (Å²) < 4.78 is 1.86. The van der Waals surface area contributed by atoms with E-state index < -0.39 is 0 Å². The molecule has 3 N–H and O–H groups in total. The summed E-state index contributed by atoms with van der Waals surface area (Å²) in [4.78, 5) is 4.36. The molecule has 3 aromatic rings. The van der Waals surface area contributed by atoms with Crippen LogP contribution in [0.15, 0.2) is 67.0 Å². The maximum absolute atomic E-state index is 5.71. The number of aromatic nitrogens is 3. The fraction of sp³-hybridized carbons (Fsp3) is 0.0667. The normalized spacial score (nSPS) is 12.2. The van der Waals surface area contributed by atoms with Gasteiger partial charge in [-0.05, 0) is 30.3 Å². The van der Waals surface area contributed by atoms with E-state index in [1.54, 1.807) is 12.4 Å². The minimum absolute atomic E-state index is 0.209. The highest BCUT2D eigenvalue weighted by atomic mass is 15.3. The lowest BCUT2D eigenvalue weighted by Crippen LogP contribution is -2.31. The third-order valence-corrected chi connectivity index (χ3v) is 3.12. The highest BCUT2D eigenvalue weighted by molar-refractivity contribution is 5.35. The fourth-order valence-electron chi connectivity index (χ4n) is 2.19. The number of hydrogen-bond donors (Lipinski definition) is 2. The van der Waals surface area contributed by atoms with Gasteiger partial charge in [0.2, 0.25) is 0 Å². The van der Waals surface area contributed by atoms with Gasteiger partial charge < -0.3 is 0 Å². The van der Waals surface area contributed by atoms with Crippen molar-refractivity contribution >= 4 is 0 Å². The molecule has 100 valence electrons. The Kier molecular flexibility index (Phi) is 3.54. The number of para-hydroxylation sites is 1. The smallest absolute Gasteiger partial charge is 0.105 e. The first-order valence-corrected chi connectivity index (χ1v) is 6.36. The quantitative estimate of drug-likeness (QED) is 0.557. The van der Waals surface area contributed by atoms with Crippen LogP contribution in [0.3, 0.4) is 0 Å². The number of nitrogens with one attached hydrogen (secondary N) is 1. The molecular formula is C15H15N5. The van der Waals surface area contributed by atoms with Gasteiger partial charge in [0.1, 0.15) is 6.04 Å². The Morgan fingerprint density at radius 2 is 1.75 bits per heavy atom. The van der Waals surface area contributed by atoms with Gasteiger partial charge in [0.05, 0.1) is 17.1 Å². The van der Waals surface area contributed by atoms with Crippen molar-refractivity contribution in [1.29, 1.82) is 0 Å². The number of nitrogens with two attached hydrogens (primary N) is 1. The maximum atomic E-state index is 5.71. The molecule has 0 fully saturated rings. The van der Waals surface area contributed by atoms with Crippen molar-refractivity contribution in [3.05, 3.63) is 78.4 Å². The van der Waals surface area contributed by atoms with Crippen LogP contribution in [0.4, 0.5) is 0 Å². The molecule has 0 saturated carbocycles. The van der Waals surface area contributed by atoms with Crippen LogP contribution in [-0.2, 0) is 0 Å². The standard InChI is InChI=1S/C15H15N5/c16-19-15(13-8-4-5-10-17-13)14-9-11-18-20(14)12-6-2-1-3-7-12/h1-11,15,19H,16H2. The first kappa shape index (κ1) is 12.5. The van der Waals surface area contributed by atoms with Crippen molar-refractivity contribution in [1.82, 2.24) is 20.2 Å². The first-order valence-electron chi connectivity index (χ1n) is 6.36. The SMILES string of the molecule is NNC(c1ccccn1)c1ccnn1-c1ccccc1. The molecule has 5 heteroatoms. The van der Waals surface area contributed by atoms with Gasteiger partial charge in [-0.3, -0.25) is 10.8 Å². The summed E-state index contributed by atoms with van der Waals surface area (Å²) in [5, 5.41) is 4.37. The predicted octanol–water partition coefficient (Wildman–Crippen LogP) is 1.82. The van der Waals surface area contributed by atoms with Crippen molar-refractivity contribution in [3.63, 3.8) is 0 Å². The van der Waals surface area contributed by atoms with E-state index in [-0.39, 0.29) is 6.04 Å². The lowest BCUT2D eigenvalue weighted by atomic mass is 10.1. The van der Waals surface area contributed by atoms with Crippen LogP contribution in [0.2, 0.25) is 0 Å². The van der Waals surface area contributed by atoms with Gasteiger partial charge in [0.15, 0.2) is 0 Å². The molecule has 0 bridgehead atoms. The second kappa shape index (κ2) is 5.64. The van der Waals surface area contributed by atoms with Crippen LogP contribution in [0.1, 0.15) is 17.4 Å². The molecule has 20 heavy (non-hydrogen) atoms. The van der Waals surface area contributed by atoms with Gasteiger partial charge in [-0.25, -0.2) is 10.1 Å². The molecule has 5 nitrogen and oxygen atoms in total. The summed E-state index contributed by atoms with van der Waals surface area (Å²) in [7, 11) is 0. The van der Waals surface area contributed by atoms with E-state index >= 15 is 0 Å². The largest absolute Gasteiger partial charge is 0.270 e. The third kappa shape index (κ3) is 2.32. The number of hydrogen-bond acceptors (Lipinski definition) is 4. The Balaban J connectivity index is 2.04. The molecule has 0 spiro atoms. The Labute approximate surface area is 117 Å².